The van der Waals surface area contributed by atoms with E-state index in [1.165, 1.54) is 0 Å². The molecular formula is C26H28N2O3. The molecule has 5 heteroatoms. The predicted octanol–water partition coefficient (Wildman–Crippen LogP) is 6.07. The minimum Gasteiger partial charge on any atom is -0.494 e. The molecule has 0 unspecified atom stereocenters. The van der Waals surface area contributed by atoms with Crippen molar-refractivity contribution in [1.29, 1.82) is 0 Å². The van der Waals surface area contributed by atoms with Crippen molar-refractivity contribution in [2.75, 3.05) is 17.2 Å². The zero-order valence-electron chi connectivity index (χ0n) is 18.0. The van der Waals surface area contributed by atoms with Gasteiger partial charge in [-0.15, -0.1) is 0 Å². The number of unbranched alkanes of at least 4 members (excludes halogenated alkanes) is 2. The molecule has 2 amide bonds. The van der Waals surface area contributed by atoms with Gasteiger partial charge in [0.15, 0.2) is 0 Å². The number of benzene rings is 3. The van der Waals surface area contributed by atoms with Gasteiger partial charge < -0.3 is 15.4 Å². The van der Waals surface area contributed by atoms with Crippen LogP contribution in [-0.4, -0.2) is 18.4 Å². The Labute approximate surface area is 183 Å². The van der Waals surface area contributed by atoms with Crippen molar-refractivity contribution < 1.29 is 14.3 Å². The number of anilines is 2. The third-order valence-electron chi connectivity index (χ3n) is 4.81. The summed E-state index contributed by atoms with van der Waals surface area (Å²) in [6, 6.07) is 21.6. The normalized spacial score (nSPS) is 10.4. The summed E-state index contributed by atoms with van der Waals surface area (Å²) in [5.41, 5.74) is 3.50. The van der Waals surface area contributed by atoms with Crippen molar-refractivity contribution in [1.82, 2.24) is 0 Å². The predicted molar refractivity (Wildman–Crippen MR) is 125 cm³/mol. The minimum atomic E-state index is -0.200. The maximum atomic E-state index is 12.5. The summed E-state index contributed by atoms with van der Waals surface area (Å²) in [6.45, 7) is 4.79. The minimum absolute atomic E-state index is 0.169. The lowest BCUT2D eigenvalue weighted by Crippen LogP contribution is -2.13. The molecule has 3 rings (SSSR count). The molecule has 0 aliphatic heterocycles. The summed E-state index contributed by atoms with van der Waals surface area (Å²) in [7, 11) is 0. The first-order valence-electron chi connectivity index (χ1n) is 10.6. The number of rotatable bonds is 9. The quantitative estimate of drug-likeness (QED) is 0.416. The molecule has 31 heavy (non-hydrogen) atoms. The molecule has 0 fully saturated rings. The molecule has 0 aliphatic carbocycles. The summed E-state index contributed by atoms with van der Waals surface area (Å²) in [5.74, 6) is 0.396. The second kappa shape index (κ2) is 11.0. The number of aryl methyl sites for hydroxylation is 1. The van der Waals surface area contributed by atoms with Gasteiger partial charge in [-0.3, -0.25) is 9.59 Å². The topological polar surface area (TPSA) is 67.4 Å². The molecule has 160 valence electrons. The van der Waals surface area contributed by atoms with Gasteiger partial charge in [0.2, 0.25) is 0 Å². The maximum absolute atomic E-state index is 12.5. The first-order valence-corrected chi connectivity index (χ1v) is 10.6. The van der Waals surface area contributed by atoms with Crippen molar-refractivity contribution in [2.45, 2.75) is 33.1 Å². The third-order valence-corrected chi connectivity index (χ3v) is 4.81. The smallest absolute Gasteiger partial charge is 0.255 e. The van der Waals surface area contributed by atoms with E-state index in [1.807, 2.05) is 37.3 Å². The van der Waals surface area contributed by atoms with Crippen LogP contribution in [0.5, 0.6) is 5.75 Å². The fourth-order valence-electron chi connectivity index (χ4n) is 3.07. The van der Waals surface area contributed by atoms with Crippen LogP contribution in [0.1, 0.15) is 52.5 Å². The van der Waals surface area contributed by atoms with Gasteiger partial charge in [0.05, 0.1) is 6.61 Å². The van der Waals surface area contributed by atoms with E-state index in [0.29, 0.717) is 29.1 Å². The molecule has 0 spiro atoms. The van der Waals surface area contributed by atoms with E-state index >= 15 is 0 Å². The highest BCUT2D eigenvalue weighted by molar-refractivity contribution is 6.05. The Kier molecular flexibility index (Phi) is 7.82. The van der Waals surface area contributed by atoms with Crippen molar-refractivity contribution in [3.8, 4) is 5.75 Å². The summed E-state index contributed by atoms with van der Waals surface area (Å²) < 4.78 is 5.68. The Morgan fingerprint density at radius 2 is 1.39 bits per heavy atom. The molecule has 2 N–H and O–H groups in total. The number of amides is 2. The molecule has 3 aromatic rings. The fraction of sp³-hybridized carbons (Fsp3) is 0.231. The van der Waals surface area contributed by atoms with Crippen LogP contribution in [0.15, 0.2) is 72.8 Å². The van der Waals surface area contributed by atoms with Crippen LogP contribution >= 0.6 is 0 Å². The Morgan fingerprint density at radius 1 is 0.774 bits per heavy atom. The van der Waals surface area contributed by atoms with Crippen LogP contribution in [-0.2, 0) is 0 Å². The number of nitrogens with one attached hydrogen (secondary N) is 2. The molecule has 0 saturated heterocycles. The zero-order chi connectivity index (χ0) is 22.1. The standard InChI is InChI=1S/C26H28N2O3/c1-3-4-5-17-31-24-15-9-20(10-16-24)25(29)27-22-11-13-23(14-12-22)28-26(30)21-8-6-7-19(2)18-21/h6-16,18H,3-5,17H2,1-2H3,(H,27,29)(H,28,30). The maximum Gasteiger partial charge on any atom is 0.255 e. The van der Waals surface area contributed by atoms with Gasteiger partial charge in [-0.1, -0.05) is 37.5 Å². The van der Waals surface area contributed by atoms with Gasteiger partial charge in [0.1, 0.15) is 5.75 Å². The largest absolute Gasteiger partial charge is 0.494 e. The fourth-order valence-corrected chi connectivity index (χ4v) is 3.07. The lowest BCUT2D eigenvalue weighted by atomic mass is 10.1. The Hall–Kier alpha value is -3.60. The van der Waals surface area contributed by atoms with Crippen molar-refractivity contribution >= 4 is 23.2 Å². The van der Waals surface area contributed by atoms with Crippen LogP contribution in [0.2, 0.25) is 0 Å². The summed E-state index contributed by atoms with van der Waals surface area (Å²) in [5, 5.41) is 5.73. The molecule has 5 nitrogen and oxygen atoms in total. The van der Waals surface area contributed by atoms with Gasteiger partial charge in [0.25, 0.3) is 11.8 Å². The highest BCUT2D eigenvalue weighted by Crippen LogP contribution is 2.18. The van der Waals surface area contributed by atoms with Crippen molar-refractivity contribution in [3.05, 3.63) is 89.5 Å². The van der Waals surface area contributed by atoms with Gasteiger partial charge >= 0.3 is 0 Å². The second-order valence-electron chi connectivity index (χ2n) is 7.44. The third kappa shape index (κ3) is 6.71. The van der Waals surface area contributed by atoms with E-state index in [0.717, 1.165) is 30.6 Å². The summed E-state index contributed by atoms with van der Waals surface area (Å²) in [4.78, 5) is 24.8. The molecule has 0 saturated carbocycles. The van der Waals surface area contributed by atoms with Gasteiger partial charge in [-0.2, -0.15) is 0 Å². The second-order valence-corrected chi connectivity index (χ2v) is 7.44. The molecule has 3 aromatic carbocycles. The number of carbonyl (C=O) groups excluding carboxylic acids is 2. The Bertz CT molecular complexity index is 1010. The highest BCUT2D eigenvalue weighted by Gasteiger charge is 2.08. The number of hydrogen-bond acceptors (Lipinski definition) is 3. The Balaban J connectivity index is 1.53. The van der Waals surface area contributed by atoms with Crippen molar-refractivity contribution in [3.63, 3.8) is 0 Å². The van der Waals surface area contributed by atoms with Crippen molar-refractivity contribution in [2.24, 2.45) is 0 Å². The molecule has 0 heterocycles. The molecule has 0 radical (unpaired) electrons. The molecule has 0 aromatic heterocycles. The monoisotopic (exact) mass is 416 g/mol. The first kappa shape index (κ1) is 22.1. The summed E-state index contributed by atoms with van der Waals surface area (Å²) >= 11 is 0. The molecule has 0 atom stereocenters. The van der Waals surface area contributed by atoms with Crippen LogP contribution in [0.3, 0.4) is 0 Å². The number of hydrogen-bond donors (Lipinski definition) is 2. The highest BCUT2D eigenvalue weighted by atomic mass is 16.5. The van der Waals surface area contributed by atoms with Gasteiger partial charge in [-0.05, 0) is 74.0 Å². The van der Waals surface area contributed by atoms with E-state index in [2.05, 4.69) is 17.6 Å². The van der Waals surface area contributed by atoms with E-state index < -0.39 is 0 Å². The van der Waals surface area contributed by atoms with Crippen LogP contribution in [0.25, 0.3) is 0 Å². The molecule has 0 aliphatic rings. The van der Waals surface area contributed by atoms with Gasteiger partial charge in [-0.25, -0.2) is 0 Å². The number of carbonyl (C=O) groups is 2. The number of ether oxygens (including phenoxy) is 1. The van der Waals surface area contributed by atoms with E-state index in [1.54, 1.807) is 42.5 Å². The Morgan fingerprint density at radius 3 is 1.97 bits per heavy atom. The average Bonchev–Trinajstić information content (AvgIpc) is 2.78. The first-order chi connectivity index (χ1) is 15.0. The summed E-state index contributed by atoms with van der Waals surface area (Å²) in [6.07, 6.45) is 3.33. The van der Waals surface area contributed by atoms with Gasteiger partial charge in [0, 0.05) is 22.5 Å². The lowest BCUT2D eigenvalue weighted by molar-refractivity contribution is 0.101. The van der Waals surface area contributed by atoms with E-state index in [9.17, 15) is 9.59 Å². The molecular weight excluding hydrogens is 388 g/mol. The van der Waals surface area contributed by atoms with Crippen LogP contribution in [0.4, 0.5) is 11.4 Å². The van der Waals surface area contributed by atoms with E-state index in [4.69, 9.17) is 4.74 Å². The zero-order valence-corrected chi connectivity index (χ0v) is 18.0. The lowest BCUT2D eigenvalue weighted by Gasteiger charge is -2.09. The SMILES string of the molecule is CCCCCOc1ccc(C(=O)Nc2ccc(NC(=O)c3cccc(C)c3)cc2)cc1. The van der Waals surface area contributed by atoms with Crippen LogP contribution in [0, 0.1) is 6.92 Å². The molecule has 0 bridgehead atoms. The average molecular weight is 417 g/mol. The van der Waals surface area contributed by atoms with Crippen LogP contribution < -0.4 is 15.4 Å². The van der Waals surface area contributed by atoms with E-state index in [-0.39, 0.29) is 11.8 Å².